The van der Waals surface area contributed by atoms with Crippen LogP contribution < -0.4 is 5.73 Å². The smallest absolute Gasteiger partial charge is 0.234 e. The van der Waals surface area contributed by atoms with Gasteiger partial charge in [-0.2, -0.15) is 5.10 Å². The lowest BCUT2D eigenvalue weighted by Crippen LogP contribution is -2.39. The number of carbonyl (C=O) groups is 1. The summed E-state index contributed by atoms with van der Waals surface area (Å²) in [7, 11) is 0. The minimum atomic E-state index is -0.964. The van der Waals surface area contributed by atoms with Gasteiger partial charge in [-0.1, -0.05) is 0 Å². The first-order chi connectivity index (χ1) is 8.10. The Kier molecular flexibility index (Phi) is 3.42. The van der Waals surface area contributed by atoms with E-state index in [1.165, 1.54) is 0 Å². The Morgan fingerprint density at radius 1 is 1.71 bits per heavy atom. The highest BCUT2D eigenvalue weighted by molar-refractivity contribution is 5.80. The molecule has 2 N–H and O–H groups in total. The van der Waals surface area contributed by atoms with E-state index >= 15 is 0 Å². The molecule has 2 rings (SSSR count). The highest BCUT2D eigenvalue weighted by atomic mass is 19.1. The molecule has 0 saturated carbocycles. The standard InChI is InChI=1S/C11H17FN4O/c1-2-16-6-8(4-14-16)5-15-7-9(12)3-10(15)11(13)17/h4,6,9-10H,2-3,5,7H2,1H3,(H2,13,17)/t9-,10+/m1/s1. The number of hydrogen-bond donors (Lipinski definition) is 1. The Morgan fingerprint density at radius 3 is 3.06 bits per heavy atom. The Balaban J connectivity index is 2.04. The predicted octanol–water partition coefficient (Wildman–Crippen LogP) is 0.301. The lowest BCUT2D eigenvalue weighted by atomic mass is 10.2. The van der Waals surface area contributed by atoms with Crippen molar-refractivity contribution in [2.75, 3.05) is 6.54 Å². The van der Waals surface area contributed by atoms with Crippen LogP contribution >= 0.6 is 0 Å². The molecule has 1 aliphatic heterocycles. The quantitative estimate of drug-likeness (QED) is 0.823. The van der Waals surface area contributed by atoms with Gasteiger partial charge >= 0.3 is 0 Å². The van der Waals surface area contributed by atoms with Crippen molar-refractivity contribution in [2.24, 2.45) is 5.73 Å². The number of nitrogens with zero attached hydrogens (tertiary/aromatic N) is 3. The molecule has 0 radical (unpaired) electrons. The second-order valence-electron chi connectivity index (χ2n) is 4.38. The lowest BCUT2D eigenvalue weighted by Gasteiger charge is -2.20. The fourth-order valence-electron chi connectivity index (χ4n) is 2.21. The summed E-state index contributed by atoms with van der Waals surface area (Å²) < 4.78 is 15.1. The Bertz CT molecular complexity index is 406. The number of nitrogens with two attached hydrogens (primary N) is 1. The lowest BCUT2D eigenvalue weighted by molar-refractivity contribution is -0.122. The van der Waals surface area contributed by atoms with Crippen LogP contribution in [0.25, 0.3) is 0 Å². The molecular weight excluding hydrogens is 223 g/mol. The largest absolute Gasteiger partial charge is 0.368 e. The molecule has 6 heteroatoms. The molecule has 1 fully saturated rings. The van der Waals surface area contributed by atoms with Crippen molar-refractivity contribution < 1.29 is 9.18 Å². The summed E-state index contributed by atoms with van der Waals surface area (Å²) in [5.41, 5.74) is 6.25. The van der Waals surface area contributed by atoms with E-state index in [2.05, 4.69) is 5.10 Å². The van der Waals surface area contributed by atoms with Crippen molar-refractivity contribution in [3.05, 3.63) is 18.0 Å². The molecule has 0 aromatic carbocycles. The van der Waals surface area contributed by atoms with Crippen molar-refractivity contribution in [2.45, 2.75) is 38.6 Å². The van der Waals surface area contributed by atoms with Gasteiger partial charge in [0.2, 0.25) is 5.91 Å². The van der Waals surface area contributed by atoms with E-state index in [4.69, 9.17) is 5.73 Å². The van der Waals surface area contributed by atoms with Crippen LogP contribution in [-0.4, -0.2) is 39.3 Å². The van der Waals surface area contributed by atoms with E-state index in [1.807, 2.05) is 13.1 Å². The zero-order chi connectivity index (χ0) is 12.4. The van der Waals surface area contributed by atoms with Crippen molar-refractivity contribution >= 4 is 5.91 Å². The Labute approximate surface area is 99.4 Å². The summed E-state index contributed by atoms with van der Waals surface area (Å²) >= 11 is 0. The maximum Gasteiger partial charge on any atom is 0.234 e. The van der Waals surface area contributed by atoms with Gasteiger partial charge in [0, 0.05) is 37.8 Å². The topological polar surface area (TPSA) is 64.2 Å². The van der Waals surface area contributed by atoms with E-state index in [0.29, 0.717) is 6.54 Å². The number of aryl methyl sites for hydroxylation is 1. The van der Waals surface area contributed by atoms with Gasteiger partial charge < -0.3 is 5.73 Å². The number of likely N-dealkylation sites (tertiary alicyclic amines) is 1. The van der Waals surface area contributed by atoms with Crippen LogP contribution in [0.5, 0.6) is 0 Å². The summed E-state index contributed by atoms with van der Waals surface area (Å²) in [6.45, 7) is 3.58. The third-order valence-electron chi connectivity index (χ3n) is 3.08. The van der Waals surface area contributed by atoms with Crippen LogP contribution in [0.3, 0.4) is 0 Å². The molecule has 2 atom stereocenters. The molecule has 1 aliphatic rings. The van der Waals surface area contributed by atoms with Crippen LogP contribution in [-0.2, 0) is 17.9 Å². The highest BCUT2D eigenvalue weighted by Gasteiger charge is 2.35. The predicted molar refractivity (Wildman–Crippen MR) is 60.8 cm³/mol. The summed E-state index contributed by atoms with van der Waals surface area (Å²) in [4.78, 5) is 13.0. The summed E-state index contributed by atoms with van der Waals surface area (Å²) in [5, 5.41) is 4.15. The van der Waals surface area contributed by atoms with Crippen molar-refractivity contribution in [3.63, 3.8) is 0 Å². The first-order valence-corrected chi connectivity index (χ1v) is 5.79. The van der Waals surface area contributed by atoms with Crippen LogP contribution in [0.4, 0.5) is 4.39 Å². The normalized spacial score (nSPS) is 25.3. The molecule has 5 nitrogen and oxygen atoms in total. The van der Waals surface area contributed by atoms with Gasteiger partial charge in [-0.25, -0.2) is 4.39 Å². The van der Waals surface area contributed by atoms with Crippen LogP contribution in [0.2, 0.25) is 0 Å². The van der Waals surface area contributed by atoms with Crippen LogP contribution in [0.1, 0.15) is 18.9 Å². The molecule has 1 saturated heterocycles. The molecule has 1 amide bonds. The number of rotatable bonds is 4. The SMILES string of the molecule is CCn1cc(CN2C[C@H](F)C[C@H]2C(N)=O)cn1. The number of amides is 1. The number of alkyl halides is 1. The highest BCUT2D eigenvalue weighted by Crippen LogP contribution is 2.22. The molecule has 2 heterocycles. The minimum Gasteiger partial charge on any atom is -0.368 e. The van der Waals surface area contributed by atoms with Crippen molar-refractivity contribution in [3.8, 4) is 0 Å². The van der Waals surface area contributed by atoms with Crippen LogP contribution in [0.15, 0.2) is 12.4 Å². The molecule has 1 aromatic rings. The van der Waals surface area contributed by atoms with E-state index < -0.39 is 18.1 Å². The van der Waals surface area contributed by atoms with E-state index in [9.17, 15) is 9.18 Å². The minimum absolute atomic E-state index is 0.206. The van der Waals surface area contributed by atoms with Gasteiger partial charge in [0.1, 0.15) is 6.17 Å². The van der Waals surface area contributed by atoms with E-state index in [1.54, 1.807) is 15.8 Å². The maximum absolute atomic E-state index is 13.3. The zero-order valence-electron chi connectivity index (χ0n) is 9.84. The number of aromatic nitrogens is 2. The van der Waals surface area contributed by atoms with E-state index in [0.717, 1.165) is 12.1 Å². The van der Waals surface area contributed by atoms with Gasteiger partial charge in [-0.3, -0.25) is 14.4 Å². The van der Waals surface area contributed by atoms with Gasteiger partial charge in [0.05, 0.1) is 12.2 Å². The fraction of sp³-hybridized carbons (Fsp3) is 0.636. The summed E-state index contributed by atoms with van der Waals surface area (Å²) in [6, 6.07) is -0.491. The summed E-state index contributed by atoms with van der Waals surface area (Å²) in [5.74, 6) is -0.451. The average Bonchev–Trinajstić information content (AvgIpc) is 2.85. The maximum atomic E-state index is 13.3. The van der Waals surface area contributed by atoms with Crippen molar-refractivity contribution in [1.82, 2.24) is 14.7 Å². The first-order valence-electron chi connectivity index (χ1n) is 5.79. The molecule has 1 aromatic heterocycles. The van der Waals surface area contributed by atoms with Crippen molar-refractivity contribution in [1.29, 1.82) is 0 Å². The fourth-order valence-corrected chi connectivity index (χ4v) is 2.21. The number of hydrogen-bond acceptors (Lipinski definition) is 3. The molecule has 0 bridgehead atoms. The molecular formula is C11H17FN4O. The van der Waals surface area contributed by atoms with Gasteiger partial charge in [-0.05, 0) is 6.92 Å². The third-order valence-corrected chi connectivity index (χ3v) is 3.08. The second kappa shape index (κ2) is 4.83. The second-order valence-corrected chi connectivity index (χ2v) is 4.38. The van der Waals surface area contributed by atoms with Crippen LogP contribution in [0, 0.1) is 0 Å². The number of halogens is 1. The number of primary amides is 1. The van der Waals surface area contributed by atoms with Gasteiger partial charge in [0.15, 0.2) is 0 Å². The molecule has 17 heavy (non-hydrogen) atoms. The molecule has 0 aliphatic carbocycles. The monoisotopic (exact) mass is 240 g/mol. The molecule has 94 valence electrons. The van der Waals surface area contributed by atoms with E-state index in [-0.39, 0.29) is 13.0 Å². The zero-order valence-corrected chi connectivity index (χ0v) is 9.84. The molecule has 0 unspecified atom stereocenters. The Hall–Kier alpha value is -1.43. The van der Waals surface area contributed by atoms with Gasteiger partial charge in [-0.15, -0.1) is 0 Å². The summed E-state index contributed by atoms with van der Waals surface area (Å²) in [6.07, 6.45) is 2.89. The Morgan fingerprint density at radius 2 is 2.47 bits per heavy atom. The molecule has 0 spiro atoms. The first kappa shape index (κ1) is 12.0. The third kappa shape index (κ3) is 2.63. The average molecular weight is 240 g/mol. The van der Waals surface area contributed by atoms with Gasteiger partial charge in [0.25, 0.3) is 0 Å². The number of carbonyl (C=O) groups excluding carboxylic acids is 1.